The molecule has 4 rings (SSSR count). The summed E-state index contributed by atoms with van der Waals surface area (Å²) < 4.78 is 6.50. The van der Waals surface area contributed by atoms with Crippen LogP contribution < -0.4 is 10.1 Å². The first-order chi connectivity index (χ1) is 12.7. The van der Waals surface area contributed by atoms with E-state index < -0.39 is 6.10 Å². The number of halogens is 1. The Labute approximate surface area is 163 Å². The second kappa shape index (κ2) is 7.65. The molecule has 5 nitrogen and oxygen atoms in total. The summed E-state index contributed by atoms with van der Waals surface area (Å²) in [4.78, 5) is 12.4. The molecule has 0 spiro atoms. The van der Waals surface area contributed by atoms with Gasteiger partial charge in [-0.05, 0) is 29.3 Å². The predicted octanol–water partition coefficient (Wildman–Crippen LogP) is 4.43. The van der Waals surface area contributed by atoms with Crippen LogP contribution >= 0.6 is 34.7 Å². The number of fused-ring (bicyclic) bond motifs is 1. The lowest BCUT2D eigenvalue weighted by Crippen LogP contribution is -2.31. The summed E-state index contributed by atoms with van der Waals surface area (Å²) >= 11 is 8.93. The second-order valence-corrected chi connectivity index (χ2v) is 8.34. The largest absolute Gasteiger partial charge is 0.480 e. The van der Waals surface area contributed by atoms with E-state index in [2.05, 4.69) is 27.6 Å². The summed E-state index contributed by atoms with van der Waals surface area (Å²) in [6.45, 7) is 0. The van der Waals surface area contributed by atoms with Crippen molar-refractivity contribution in [3.63, 3.8) is 0 Å². The van der Waals surface area contributed by atoms with Gasteiger partial charge in [-0.2, -0.15) is 0 Å². The fourth-order valence-electron chi connectivity index (χ4n) is 2.59. The van der Waals surface area contributed by atoms with Gasteiger partial charge in [0.1, 0.15) is 5.75 Å². The van der Waals surface area contributed by atoms with E-state index in [0.29, 0.717) is 22.3 Å². The molecule has 0 bridgehead atoms. The molecule has 1 amide bonds. The van der Waals surface area contributed by atoms with Gasteiger partial charge in [0.25, 0.3) is 5.91 Å². The molecule has 0 radical (unpaired) electrons. The lowest BCUT2D eigenvalue weighted by atomic mass is 10.1. The minimum absolute atomic E-state index is 0.229. The van der Waals surface area contributed by atoms with Crippen LogP contribution in [0.25, 0.3) is 0 Å². The summed E-state index contributed by atoms with van der Waals surface area (Å²) in [5.74, 6) is 1.28. The summed E-state index contributed by atoms with van der Waals surface area (Å²) in [7, 11) is 0. The molecule has 0 fully saturated rings. The predicted molar refractivity (Wildman–Crippen MR) is 104 cm³/mol. The Bertz CT molecular complexity index is 933. The quantitative estimate of drug-likeness (QED) is 0.504. The minimum Gasteiger partial charge on any atom is -0.480 e. The van der Waals surface area contributed by atoms with Gasteiger partial charge in [0.2, 0.25) is 5.13 Å². The molecule has 1 N–H and O–H groups in total. The number of carbonyl (C=O) groups is 1. The number of hydrogen-bond acceptors (Lipinski definition) is 6. The molecule has 1 aliphatic rings. The number of aromatic nitrogens is 2. The lowest BCUT2D eigenvalue weighted by Gasteiger charge is -2.08. The molecule has 1 aromatic heterocycles. The third-order valence-corrected chi connectivity index (χ3v) is 6.11. The molecular formula is C18H14ClN3O2S2. The number of nitrogens with zero attached hydrogens (tertiary/aromatic N) is 2. The Hall–Kier alpha value is -2.09. The number of hydrogen-bond donors (Lipinski definition) is 1. The number of anilines is 1. The number of benzene rings is 2. The molecule has 1 unspecified atom stereocenters. The number of rotatable bonds is 5. The van der Waals surface area contributed by atoms with E-state index in [1.54, 1.807) is 23.9 Å². The number of thioether (sulfide) groups is 1. The number of carbonyl (C=O) groups excluding carboxylic acids is 1. The maximum absolute atomic E-state index is 12.4. The van der Waals surface area contributed by atoms with Gasteiger partial charge in [-0.3, -0.25) is 10.1 Å². The highest BCUT2D eigenvalue weighted by molar-refractivity contribution is 8.00. The van der Waals surface area contributed by atoms with Crippen LogP contribution in [0.1, 0.15) is 11.1 Å². The molecule has 2 heterocycles. The highest BCUT2D eigenvalue weighted by Crippen LogP contribution is 2.32. The van der Waals surface area contributed by atoms with Crippen LogP contribution in [0.5, 0.6) is 5.75 Å². The summed E-state index contributed by atoms with van der Waals surface area (Å²) in [6.07, 6.45) is -0.0799. The Kier molecular flexibility index (Phi) is 5.10. The summed E-state index contributed by atoms with van der Waals surface area (Å²) in [5, 5.41) is 12.1. The van der Waals surface area contributed by atoms with Crippen LogP contribution in [0.15, 0.2) is 52.9 Å². The average Bonchev–Trinajstić information content (AvgIpc) is 3.27. The monoisotopic (exact) mass is 403 g/mol. The highest BCUT2D eigenvalue weighted by Gasteiger charge is 2.29. The van der Waals surface area contributed by atoms with Crippen molar-refractivity contribution >= 4 is 45.7 Å². The Balaban J connectivity index is 1.33. The number of ether oxygens (including phenoxy) is 1. The molecule has 132 valence electrons. The third-order valence-electron chi connectivity index (χ3n) is 3.83. The summed E-state index contributed by atoms with van der Waals surface area (Å²) in [5.41, 5.74) is 2.16. The Morgan fingerprint density at radius 2 is 2.12 bits per heavy atom. The molecule has 0 aliphatic carbocycles. The van der Waals surface area contributed by atoms with Crippen molar-refractivity contribution in [3.05, 3.63) is 64.7 Å². The van der Waals surface area contributed by atoms with Crippen molar-refractivity contribution < 1.29 is 9.53 Å². The first kappa shape index (κ1) is 17.3. The van der Waals surface area contributed by atoms with Crippen LogP contribution in [-0.4, -0.2) is 22.2 Å². The molecule has 8 heteroatoms. The highest BCUT2D eigenvalue weighted by atomic mass is 35.5. The fraction of sp³-hybridized carbons (Fsp3) is 0.167. The van der Waals surface area contributed by atoms with Crippen molar-refractivity contribution in [1.82, 2.24) is 10.2 Å². The van der Waals surface area contributed by atoms with Crippen molar-refractivity contribution in [2.45, 2.75) is 22.6 Å². The van der Waals surface area contributed by atoms with Gasteiger partial charge in [0.05, 0.1) is 0 Å². The van der Waals surface area contributed by atoms with Gasteiger partial charge in [-0.15, -0.1) is 10.2 Å². The molecular weight excluding hydrogens is 390 g/mol. The third kappa shape index (κ3) is 4.00. The average molecular weight is 404 g/mol. The number of nitrogens with one attached hydrogen (secondary N) is 1. The molecule has 0 saturated carbocycles. The van der Waals surface area contributed by atoms with E-state index in [9.17, 15) is 4.79 Å². The first-order valence-corrected chi connectivity index (χ1v) is 10.1. The van der Waals surface area contributed by atoms with Crippen LogP contribution in [0, 0.1) is 0 Å². The molecule has 3 aromatic rings. The van der Waals surface area contributed by atoms with Gasteiger partial charge >= 0.3 is 0 Å². The van der Waals surface area contributed by atoms with Crippen LogP contribution in [0.3, 0.4) is 0 Å². The van der Waals surface area contributed by atoms with E-state index in [1.165, 1.54) is 16.9 Å². The topological polar surface area (TPSA) is 64.1 Å². The zero-order valence-electron chi connectivity index (χ0n) is 13.5. The van der Waals surface area contributed by atoms with E-state index >= 15 is 0 Å². The molecule has 2 aromatic carbocycles. The SMILES string of the molecule is O=C(Nc1nnc(SCc2ccccc2)s1)C1Cc2cc(Cl)ccc2O1. The first-order valence-electron chi connectivity index (χ1n) is 7.93. The van der Waals surface area contributed by atoms with Gasteiger partial charge in [-0.1, -0.05) is 65.0 Å². The van der Waals surface area contributed by atoms with Crippen molar-refractivity contribution in [3.8, 4) is 5.75 Å². The van der Waals surface area contributed by atoms with Gasteiger partial charge in [0.15, 0.2) is 10.4 Å². The van der Waals surface area contributed by atoms with Crippen molar-refractivity contribution in [2.24, 2.45) is 0 Å². The van der Waals surface area contributed by atoms with Crippen molar-refractivity contribution in [1.29, 1.82) is 0 Å². The molecule has 1 aliphatic heterocycles. The zero-order valence-corrected chi connectivity index (χ0v) is 15.9. The van der Waals surface area contributed by atoms with E-state index in [1.807, 2.05) is 24.3 Å². The standard InChI is InChI=1S/C18H14ClN3O2S2/c19-13-6-7-14-12(8-13)9-15(24-14)16(23)20-17-21-22-18(26-17)25-10-11-4-2-1-3-5-11/h1-8,15H,9-10H2,(H,20,21,23). The van der Waals surface area contributed by atoms with Crippen LogP contribution in [0.2, 0.25) is 5.02 Å². The lowest BCUT2D eigenvalue weighted by molar-refractivity contribution is -0.122. The van der Waals surface area contributed by atoms with E-state index in [0.717, 1.165) is 15.7 Å². The Morgan fingerprint density at radius 3 is 2.96 bits per heavy atom. The van der Waals surface area contributed by atoms with E-state index in [-0.39, 0.29) is 5.91 Å². The Morgan fingerprint density at radius 1 is 1.27 bits per heavy atom. The second-order valence-electron chi connectivity index (χ2n) is 5.70. The van der Waals surface area contributed by atoms with Crippen LogP contribution in [0.4, 0.5) is 5.13 Å². The molecule has 0 saturated heterocycles. The van der Waals surface area contributed by atoms with Crippen molar-refractivity contribution in [2.75, 3.05) is 5.32 Å². The van der Waals surface area contributed by atoms with E-state index in [4.69, 9.17) is 16.3 Å². The minimum atomic E-state index is -0.576. The molecule has 1 atom stereocenters. The maximum Gasteiger partial charge on any atom is 0.267 e. The van der Waals surface area contributed by atoms with Gasteiger partial charge in [-0.25, -0.2) is 0 Å². The summed E-state index contributed by atoms with van der Waals surface area (Å²) in [6, 6.07) is 15.5. The maximum atomic E-state index is 12.4. The fourth-order valence-corrected chi connectivity index (χ4v) is 4.49. The van der Waals surface area contributed by atoms with Gasteiger partial charge < -0.3 is 4.74 Å². The molecule has 26 heavy (non-hydrogen) atoms. The normalized spacial score (nSPS) is 15.3. The zero-order chi connectivity index (χ0) is 17.9. The van der Waals surface area contributed by atoms with Gasteiger partial charge in [0, 0.05) is 17.2 Å². The number of amides is 1. The van der Waals surface area contributed by atoms with Crippen LogP contribution in [-0.2, 0) is 17.0 Å². The smallest absolute Gasteiger partial charge is 0.267 e.